The van der Waals surface area contributed by atoms with Crippen molar-refractivity contribution in [1.29, 1.82) is 0 Å². The van der Waals surface area contributed by atoms with Crippen molar-refractivity contribution in [2.45, 2.75) is 11.8 Å². The van der Waals surface area contributed by atoms with Crippen molar-refractivity contribution in [2.75, 3.05) is 21.7 Å². The number of anilines is 3. The standard InChI is InChI=1S/C23H21N3O2S2/c1-16(27)17-10-12-19(13-11-17)25-23(29)26-20-8-5-9-21(14-20)30-15-22(28)24-18-6-3-2-4-7-18/h2-14H,15H2,1H3,(H,24,28)(H2,25,26,29). The van der Waals surface area contributed by atoms with Gasteiger partial charge in [-0.2, -0.15) is 0 Å². The summed E-state index contributed by atoms with van der Waals surface area (Å²) in [7, 11) is 0. The van der Waals surface area contributed by atoms with E-state index in [9.17, 15) is 9.59 Å². The third-order valence-corrected chi connectivity index (χ3v) is 5.27. The highest BCUT2D eigenvalue weighted by atomic mass is 32.2. The summed E-state index contributed by atoms with van der Waals surface area (Å²) in [6, 6.07) is 24.2. The number of amides is 1. The maximum atomic E-state index is 12.1. The van der Waals surface area contributed by atoms with Gasteiger partial charge in [-0.3, -0.25) is 9.59 Å². The first-order valence-corrected chi connectivity index (χ1v) is 10.7. The van der Waals surface area contributed by atoms with Crippen LogP contribution in [0.4, 0.5) is 17.1 Å². The van der Waals surface area contributed by atoms with E-state index in [4.69, 9.17) is 12.2 Å². The van der Waals surface area contributed by atoms with E-state index < -0.39 is 0 Å². The molecule has 0 fully saturated rings. The van der Waals surface area contributed by atoms with Crippen molar-refractivity contribution in [1.82, 2.24) is 0 Å². The lowest BCUT2D eigenvalue weighted by molar-refractivity contribution is -0.113. The molecule has 3 rings (SSSR count). The Bertz CT molecular complexity index is 1040. The van der Waals surface area contributed by atoms with Crippen LogP contribution in [0.1, 0.15) is 17.3 Å². The topological polar surface area (TPSA) is 70.2 Å². The zero-order valence-corrected chi connectivity index (χ0v) is 18.0. The van der Waals surface area contributed by atoms with Crippen LogP contribution in [0.2, 0.25) is 0 Å². The number of hydrogen-bond acceptors (Lipinski definition) is 4. The van der Waals surface area contributed by atoms with E-state index in [1.807, 2.05) is 66.7 Å². The molecule has 0 bridgehead atoms. The average molecular weight is 436 g/mol. The average Bonchev–Trinajstić information content (AvgIpc) is 2.73. The number of benzene rings is 3. The Morgan fingerprint density at radius 1 is 0.800 bits per heavy atom. The normalized spacial score (nSPS) is 10.2. The monoisotopic (exact) mass is 435 g/mol. The predicted molar refractivity (Wildman–Crippen MR) is 129 cm³/mol. The van der Waals surface area contributed by atoms with Crippen LogP contribution in [0.25, 0.3) is 0 Å². The molecule has 0 aliphatic rings. The molecule has 0 heterocycles. The molecule has 0 aromatic heterocycles. The number of thiocarbonyl (C=S) groups is 1. The molecule has 0 spiro atoms. The second-order valence-electron chi connectivity index (χ2n) is 6.44. The molecule has 0 unspecified atom stereocenters. The van der Waals surface area contributed by atoms with Crippen molar-refractivity contribution < 1.29 is 9.59 Å². The van der Waals surface area contributed by atoms with Crippen LogP contribution in [0.15, 0.2) is 83.8 Å². The summed E-state index contributed by atoms with van der Waals surface area (Å²) >= 11 is 6.81. The number of rotatable bonds is 7. The van der Waals surface area contributed by atoms with E-state index in [0.717, 1.165) is 22.0 Å². The number of para-hydroxylation sites is 1. The maximum Gasteiger partial charge on any atom is 0.234 e. The molecule has 7 heteroatoms. The predicted octanol–water partition coefficient (Wildman–Crippen LogP) is 5.43. The first-order chi connectivity index (χ1) is 14.5. The minimum Gasteiger partial charge on any atom is -0.332 e. The van der Waals surface area contributed by atoms with Gasteiger partial charge >= 0.3 is 0 Å². The number of ketones is 1. The Morgan fingerprint density at radius 3 is 2.13 bits per heavy atom. The Labute approximate surface area is 185 Å². The number of hydrogen-bond donors (Lipinski definition) is 3. The summed E-state index contributed by atoms with van der Waals surface area (Å²) in [5, 5.41) is 9.54. The number of nitrogens with one attached hydrogen (secondary N) is 3. The molecule has 0 aliphatic heterocycles. The van der Waals surface area contributed by atoms with E-state index in [1.54, 1.807) is 12.1 Å². The van der Waals surface area contributed by atoms with E-state index in [-0.39, 0.29) is 11.7 Å². The molecule has 0 saturated carbocycles. The maximum absolute atomic E-state index is 12.1. The minimum atomic E-state index is -0.0595. The Morgan fingerprint density at radius 2 is 1.43 bits per heavy atom. The molecule has 30 heavy (non-hydrogen) atoms. The summed E-state index contributed by atoms with van der Waals surface area (Å²) < 4.78 is 0. The molecule has 5 nitrogen and oxygen atoms in total. The lowest BCUT2D eigenvalue weighted by Gasteiger charge is -2.12. The van der Waals surface area contributed by atoms with Crippen LogP contribution in [0.5, 0.6) is 0 Å². The molecule has 0 radical (unpaired) electrons. The minimum absolute atomic E-state index is 0.0222. The van der Waals surface area contributed by atoms with Crippen LogP contribution in [0.3, 0.4) is 0 Å². The second kappa shape index (κ2) is 10.6. The van der Waals surface area contributed by atoms with Gasteiger partial charge in [-0.05, 0) is 73.7 Å². The molecule has 0 aliphatic carbocycles. The highest BCUT2D eigenvalue weighted by Gasteiger charge is 2.06. The van der Waals surface area contributed by atoms with Gasteiger partial charge in [0, 0.05) is 27.5 Å². The van der Waals surface area contributed by atoms with E-state index in [2.05, 4.69) is 16.0 Å². The molecular formula is C23H21N3O2S2. The number of thioether (sulfide) groups is 1. The Hall–Kier alpha value is -3.16. The summed E-state index contributed by atoms with van der Waals surface area (Å²) in [6.07, 6.45) is 0. The van der Waals surface area contributed by atoms with Crippen molar-refractivity contribution in [3.05, 3.63) is 84.4 Å². The van der Waals surface area contributed by atoms with Crippen LogP contribution < -0.4 is 16.0 Å². The first-order valence-electron chi connectivity index (χ1n) is 9.26. The van der Waals surface area contributed by atoms with Gasteiger partial charge in [0.05, 0.1) is 5.75 Å². The third kappa shape index (κ3) is 6.72. The summed E-state index contributed by atoms with van der Waals surface area (Å²) in [5.41, 5.74) is 3.05. The second-order valence-corrected chi connectivity index (χ2v) is 7.90. The van der Waals surface area contributed by atoms with Gasteiger partial charge in [0.2, 0.25) is 5.91 Å². The molecule has 3 aromatic rings. The molecule has 1 amide bonds. The number of carbonyl (C=O) groups is 2. The number of Topliss-reactive ketones (excluding diaryl/α,β-unsaturated/α-hetero) is 1. The first kappa shape index (κ1) is 21.5. The van der Waals surface area contributed by atoms with Crippen LogP contribution in [0, 0.1) is 0 Å². The Balaban J connectivity index is 1.51. The van der Waals surface area contributed by atoms with E-state index >= 15 is 0 Å². The smallest absolute Gasteiger partial charge is 0.234 e. The van der Waals surface area contributed by atoms with Crippen molar-refractivity contribution in [3.8, 4) is 0 Å². The molecule has 3 N–H and O–H groups in total. The molecular weight excluding hydrogens is 414 g/mol. The SMILES string of the molecule is CC(=O)c1ccc(NC(=S)Nc2cccc(SCC(=O)Nc3ccccc3)c2)cc1. The van der Waals surface area contributed by atoms with Crippen LogP contribution >= 0.6 is 24.0 Å². The molecule has 3 aromatic carbocycles. The zero-order valence-electron chi connectivity index (χ0n) is 16.3. The highest BCUT2D eigenvalue weighted by Crippen LogP contribution is 2.22. The van der Waals surface area contributed by atoms with Crippen molar-refractivity contribution in [2.24, 2.45) is 0 Å². The van der Waals surface area contributed by atoms with Gasteiger partial charge in [-0.1, -0.05) is 24.3 Å². The lowest BCUT2D eigenvalue weighted by atomic mass is 10.1. The molecule has 0 atom stereocenters. The quantitative estimate of drug-likeness (QED) is 0.261. The summed E-state index contributed by atoms with van der Waals surface area (Å²) in [4.78, 5) is 24.4. The van der Waals surface area contributed by atoms with Gasteiger partial charge < -0.3 is 16.0 Å². The Kier molecular flexibility index (Phi) is 7.59. The van der Waals surface area contributed by atoms with Crippen LogP contribution in [-0.4, -0.2) is 22.6 Å². The summed E-state index contributed by atoms with van der Waals surface area (Å²) in [6.45, 7) is 1.53. The number of carbonyl (C=O) groups excluding carboxylic acids is 2. The van der Waals surface area contributed by atoms with Gasteiger partial charge in [-0.25, -0.2) is 0 Å². The van der Waals surface area contributed by atoms with E-state index in [1.165, 1.54) is 18.7 Å². The zero-order chi connectivity index (χ0) is 21.3. The third-order valence-electron chi connectivity index (χ3n) is 4.07. The van der Waals surface area contributed by atoms with Gasteiger partial charge in [0.25, 0.3) is 0 Å². The van der Waals surface area contributed by atoms with Crippen molar-refractivity contribution in [3.63, 3.8) is 0 Å². The van der Waals surface area contributed by atoms with Gasteiger partial charge in [0.15, 0.2) is 10.9 Å². The fourth-order valence-corrected chi connectivity index (χ4v) is 3.60. The molecule has 152 valence electrons. The van der Waals surface area contributed by atoms with Gasteiger partial charge in [-0.15, -0.1) is 11.8 Å². The fraction of sp³-hybridized carbons (Fsp3) is 0.0870. The lowest BCUT2D eigenvalue weighted by Crippen LogP contribution is -2.19. The summed E-state index contributed by atoms with van der Waals surface area (Å²) in [5.74, 6) is 0.272. The highest BCUT2D eigenvalue weighted by molar-refractivity contribution is 8.00. The van der Waals surface area contributed by atoms with Crippen LogP contribution in [-0.2, 0) is 4.79 Å². The van der Waals surface area contributed by atoms with E-state index in [0.29, 0.717) is 16.4 Å². The molecule has 0 saturated heterocycles. The fourth-order valence-electron chi connectivity index (χ4n) is 2.61. The van der Waals surface area contributed by atoms with Crippen molar-refractivity contribution >= 4 is 57.8 Å². The van der Waals surface area contributed by atoms with Gasteiger partial charge in [0.1, 0.15) is 0 Å². The largest absolute Gasteiger partial charge is 0.332 e.